The molecule has 20 aromatic carbocycles. The molecule has 0 spiro atoms. The highest BCUT2D eigenvalue weighted by molar-refractivity contribution is 6.30. The zero-order chi connectivity index (χ0) is 72.6. The minimum Gasteiger partial charge on any atom is -0.455 e. The molecule has 0 unspecified atom stereocenters. The molecule has 110 heavy (non-hydrogen) atoms. The molecule has 2 heterocycles. The van der Waals surface area contributed by atoms with Gasteiger partial charge in [-0.15, -0.1) is 0 Å². The van der Waals surface area contributed by atoms with E-state index in [4.69, 9.17) is 8.83 Å². The minimum atomic E-state index is -0.264. The molecule has 2 aromatic heterocycles. The third kappa shape index (κ3) is 8.50. The molecule has 0 saturated carbocycles. The number of anilines is 6. The molecule has 4 nitrogen and oxygen atoms in total. The van der Waals surface area contributed by atoms with Crippen molar-refractivity contribution < 1.29 is 8.83 Å². The predicted molar refractivity (Wildman–Crippen MR) is 465 cm³/mol. The van der Waals surface area contributed by atoms with Gasteiger partial charge in [0.05, 0.1) is 11.4 Å². The van der Waals surface area contributed by atoms with E-state index in [2.05, 4.69) is 377 Å². The molecule has 2 aliphatic rings. The molecule has 4 heteroatoms. The summed E-state index contributed by atoms with van der Waals surface area (Å²) in [5, 5.41) is 27.0. The van der Waals surface area contributed by atoms with Gasteiger partial charge >= 0.3 is 0 Å². The van der Waals surface area contributed by atoms with Crippen molar-refractivity contribution in [3.8, 4) is 44.5 Å². The summed E-state index contributed by atoms with van der Waals surface area (Å²) < 4.78 is 13.4. The van der Waals surface area contributed by atoms with Gasteiger partial charge < -0.3 is 18.6 Å². The molecule has 0 saturated heterocycles. The standard InChI is InChI=1S/C106H68N2O2/c1-105(2)93-51-47-67(55-89(93)91-57-85-75-23-9-5-19-71(75)73-21-7-11-25-77(73)87(85)59-95(91)105)107(65-43-35-61(36-44-65)69-29-17-31-81-79-27-13-15-33-99(79)109-103(69)81)97-53-41-63-40-50-84-98(54-42-64-39-49-83(97)101(63)102(64)84)108(66-45-37-62(38-46-66)70-30-18-32-82-80-28-14-16-34-100(80)110-104(70)82)68-48-52-94-90(56-68)92-58-86-76-24-10-6-20-72(76)74-22-8-12-26-78(74)88(86)60-96(92)106(94,3)4/h5-60H,1-4H3. The normalized spacial score (nSPS) is 13.6. The quantitative estimate of drug-likeness (QED) is 0.142. The Morgan fingerprint density at radius 3 is 0.900 bits per heavy atom. The fourth-order valence-electron chi connectivity index (χ4n) is 20.1. The maximum atomic E-state index is 6.69. The fraction of sp³-hybridized carbons (Fsp3) is 0.0566. The third-order valence-electron chi connectivity index (χ3n) is 25.3. The number of nitrogens with zero attached hydrogens (tertiary/aromatic N) is 2. The van der Waals surface area contributed by atoms with E-state index in [9.17, 15) is 0 Å². The van der Waals surface area contributed by atoms with Crippen molar-refractivity contribution in [3.05, 3.63) is 362 Å². The van der Waals surface area contributed by atoms with Crippen LogP contribution < -0.4 is 9.80 Å². The topological polar surface area (TPSA) is 32.8 Å². The molecule has 514 valence electrons. The second kappa shape index (κ2) is 22.4. The number of fused-ring (bicyclic) bond motifs is 24. The van der Waals surface area contributed by atoms with E-state index in [-0.39, 0.29) is 10.8 Å². The van der Waals surface area contributed by atoms with Crippen LogP contribution in [0.3, 0.4) is 0 Å². The Labute approximate surface area is 634 Å². The predicted octanol–water partition coefficient (Wildman–Crippen LogP) is 30.2. The molecule has 2 aliphatic carbocycles. The molecule has 0 radical (unpaired) electrons. The number of benzene rings is 20. The van der Waals surface area contributed by atoms with Gasteiger partial charge in [0, 0.05) is 77.0 Å². The molecule has 0 N–H and O–H groups in total. The fourth-order valence-corrected chi connectivity index (χ4v) is 20.1. The summed E-state index contributed by atoms with van der Waals surface area (Å²) in [4.78, 5) is 5.04. The van der Waals surface area contributed by atoms with Crippen molar-refractivity contribution in [2.75, 3.05) is 9.80 Å². The molecule has 24 rings (SSSR count). The summed E-state index contributed by atoms with van der Waals surface area (Å²) >= 11 is 0. The number of para-hydroxylation sites is 4. The van der Waals surface area contributed by atoms with Crippen LogP contribution in [0.1, 0.15) is 49.9 Å². The average molecular weight is 1400 g/mol. The van der Waals surface area contributed by atoms with Gasteiger partial charge in [-0.05, 0) is 239 Å². The summed E-state index contributed by atoms with van der Waals surface area (Å²) in [6, 6.07) is 127. The lowest BCUT2D eigenvalue weighted by Gasteiger charge is -2.30. The number of furan rings is 2. The van der Waals surface area contributed by atoms with Crippen molar-refractivity contribution in [1.82, 2.24) is 0 Å². The van der Waals surface area contributed by atoms with Gasteiger partial charge in [0.2, 0.25) is 0 Å². The van der Waals surface area contributed by atoms with E-state index < -0.39 is 0 Å². The summed E-state index contributed by atoms with van der Waals surface area (Å²) in [6.07, 6.45) is 0. The first-order valence-electron chi connectivity index (χ1n) is 38.4. The second-order valence-corrected chi connectivity index (χ2v) is 31.7. The van der Waals surface area contributed by atoms with Gasteiger partial charge in [-0.3, -0.25) is 0 Å². The number of hydrogen-bond acceptors (Lipinski definition) is 4. The van der Waals surface area contributed by atoms with Gasteiger partial charge in [0.25, 0.3) is 0 Å². The van der Waals surface area contributed by atoms with Gasteiger partial charge in [-0.25, -0.2) is 0 Å². The van der Waals surface area contributed by atoms with E-state index in [1.165, 1.54) is 141 Å². The van der Waals surface area contributed by atoms with Crippen LogP contribution >= 0.6 is 0 Å². The molecular formula is C106H68N2O2. The van der Waals surface area contributed by atoms with Crippen LogP contribution in [-0.4, -0.2) is 0 Å². The zero-order valence-electron chi connectivity index (χ0n) is 61.0. The Balaban J connectivity index is 0.710. The molecule has 22 aromatic rings. The monoisotopic (exact) mass is 1400 g/mol. The van der Waals surface area contributed by atoms with Gasteiger partial charge in [-0.1, -0.05) is 270 Å². The van der Waals surface area contributed by atoms with Gasteiger partial charge in [0.1, 0.15) is 22.3 Å². The van der Waals surface area contributed by atoms with Crippen molar-refractivity contribution in [3.63, 3.8) is 0 Å². The Hall–Kier alpha value is -13.8. The van der Waals surface area contributed by atoms with Crippen LogP contribution in [0.2, 0.25) is 0 Å². The van der Waals surface area contributed by atoms with Crippen LogP contribution in [0.5, 0.6) is 0 Å². The van der Waals surface area contributed by atoms with E-state index in [1.807, 2.05) is 0 Å². The summed E-state index contributed by atoms with van der Waals surface area (Å²) in [5.41, 5.74) is 24.3. The van der Waals surface area contributed by atoms with Crippen LogP contribution in [-0.2, 0) is 10.8 Å². The Bertz CT molecular complexity index is 7320. The number of rotatable bonds is 8. The SMILES string of the molecule is CC1(C)c2ccc(N(c3ccc(-c4cccc5c4oc4ccccc45)cc3)c3ccc4ccc5c(N(c6ccc(-c7cccc8c7oc7ccccc78)cc6)c6ccc7c(c6)-c6cc8c9ccccc9c9ccccc9c8cc6C7(C)C)ccc6ccc3c4c65)cc2-c2cc3c4ccccc4c4ccccc4c3cc21. The van der Waals surface area contributed by atoms with Crippen LogP contribution in [0.15, 0.2) is 349 Å². The molecular weight excluding hydrogens is 1330 g/mol. The minimum absolute atomic E-state index is 0.264. The zero-order valence-corrected chi connectivity index (χ0v) is 61.0. The smallest absolute Gasteiger partial charge is 0.143 e. The first-order valence-corrected chi connectivity index (χ1v) is 38.4. The van der Waals surface area contributed by atoms with Crippen molar-refractivity contribution >= 4 is 175 Å². The molecule has 0 bridgehead atoms. The first-order chi connectivity index (χ1) is 54.1. The Morgan fingerprint density at radius 1 is 0.209 bits per heavy atom. The van der Waals surface area contributed by atoms with Crippen LogP contribution in [0, 0.1) is 0 Å². The van der Waals surface area contributed by atoms with E-state index in [1.54, 1.807) is 0 Å². The highest BCUT2D eigenvalue weighted by Crippen LogP contribution is 2.58. The van der Waals surface area contributed by atoms with Gasteiger partial charge in [-0.2, -0.15) is 0 Å². The summed E-state index contributed by atoms with van der Waals surface area (Å²) in [5.74, 6) is 0. The van der Waals surface area contributed by atoms with Crippen molar-refractivity contribution in [2.24, 2.45) is 0 Å². The molecule has 0 amide bonds. The average Bonchev–Trinajstić information content (AvgIpc) is 1.41. The summed E-state index contributed by atoms with van der Waals surface area (Å²) in [7, 11) is 0. The van der Waals surface area contributed by atoms with Gasteiger partial charge in [0.15, 0.2) is 0 Å². The lowest BCUT2D eigenvalue weighted by molar-refractivity contribution is 0.661. The van der Waals surface area contributed by atoms with E-state index in [0.29, 0.717) is 0 Å². The maximum Gasteiger partial charge on any atom is 0.143 e. The first kappa shape index (κ1) is 61.4. The highest BCUT2D eigenvalue weighted by atomic mass is 16.3. The van der Waals surface area contributed by atoms with Crippen LogP contribution in [0.25, 0.3) is 185 Å². The van der Waals surface area contributed by atoms with Crippen molar-refractivity contribution in [2.45, 2.75) is 38.5 Å². The molecule has 0 atom stereocenters. The lowest BCUT2D eigenvalue weighted by atomic mass is 9.81. The lowest BCUT2D eigenvalue weighted by Crippen LogP contribution is -2.16. The van der Waals surface area contributed by atoms with E-state index in [0.717, 1.165) is 100 Å². The summed E-state index contributed by atoms with van der Waals surface area (Å²) in [6.45, 7) is 9.65. The molecule has 0 fully saturated rings. The molecule has 0 aliphatic heterocycles. The largest absolute Gasteiger partial charge is 0.455 e. The highest BCUT2D eigenvalue weighted by Gasteiger charge is 2.39. The Morgan fingerprint density at radius 2 is 0.518 bits per heavy atom. The third-order valence-corrected chi connectivity index (χ3v) is 25.3. The maximum absolute atomic E-state index is 6.69. The Kier molecular flexibility index (Phi) is 12.5. The van der Waals surface area contributed by atoms with E-state index >= 15 is 0 Å². The van der Waals surface area contributed by atoms with Crippen LogP contribution in [0.4, 0.5) is 34.1 Å². The number of hydrogen-bond donors (Lipinski definition) is 0. The van der Waals surface area contributed by atoms with Crippen molar-refractivity contribution in [1.29, 1.82) is 0 Å². The second-order valence-electron chi connectivity index (χ2n) is 31.7.